The SMILES string of the molecule is CC(=O)OCC1=C(C(=O)O)N2C(=O)[C@@H](NC(=O)c3ccc(C)c(Br)c3)[C@@H]2SC1. The van der Waals surface area contributed by atoms with Gasteiger partial charge in [-0.1, -0.05) is 22.0 Å². The summed E-state index contributed by atoms with van der Waals surface area (Å²) in [7, 11) is 0. The van der Waals surface area contributed by atoms with Gasteiger partial charge >= 0.3 is 11.9 Å². The van der Waals surface area contributed by atoms with E-state index in [-0.39, 0.29) is 18.1 Å². The highest BCUT2D eigenvalue weighted by molar-refractivity contribution is 9.10. The van der Waals surface area contributed by atoms with Crippen molar-refractivity contribution in [1.29, 1.82) is 0 Å². The maximum atomic E-state index is 12.6. The number of carbonyl (C=O) groups is 4. The van der Waals surface area contributed by atoms with Crippen molar-refractivity contribution in [3.8, 4) is 0 Å². The number of thioether (sulfide) groups is 1. The van der Waals surface area contributed by atoms with Gasteiger partial charge in [-0.3, -0.25) is 19.3 Å². The first kappa shape index (κ1) is 20.4. The van der Waals surface area contributed by atoms with E-state index in [1.807, 2.05) is 6.92 Å². The van der Waals surface area contributed by atoms with E-state index < -0.39 is 35.2 Å². The maximum Gasteiger partial charge on any atom is 0.352 e. The summed E-state index contributed by atoms with van der Waals surface area (Å²) < 4.78 is 5.67. The van der Waals surface area contributed by atoms with Crippen molar-refractivity contribution in [3.05, 3.63) is 45.1 Å². The quantitative estimate of drug-likeness (QED) is 0.498. The fourth-order valence-electron chi connectivity index (χ4n) is 2.94. The van der Waals surface area contributed by atoms with Gasteiger partial charge in [-0.25, -0.2) is 4.79 Å². The highest BCUT2D eigenvalue weighted by Crippen LogP contribution is 2.40. The summed E-state index contributed by atoms with van der Waals surface area (Å²) >= 11 is 4.68. The molecule has 8 nitrogen and oxygen atoms in total. The Hall–Kier alpha value is -2.33. The third kappa shape index (κ3) is 3.79. The van der Waals surface area contributed by atoms with Gasteiger partial charge in [0.1, 0.15) is 23.7 Å². The molecule has 2 N–H and O–H groups in total. The number of hydrogen-bond acceptors (Lipinski definition) is 6. The molecule has 2 aliphatic rings. The van der Waals surface area contributed by atoms with E-state index in [4.69, 9.17) is 4.74 Å². The number of nitrogens with one attached hydrogen (secondary N) is 1. The van der Waals surface area contributed by atoms with Crippen LogP contribution in [-0.4, -0.2) is 57.5 Å². The molecule has 0 saturated carbocycles. The van der Waals surface area contributed by atoms with Crippen molar-refractivity contribution in [2.75, 3.05) is 12.4 Å². The molecular formula is C18H17BrN2O6S. The highest BCUT2D eigenvalue weighted by Gasteiger charge is 2.54. The fraction of sp³-hybridized carbons (Fsp3) is 0.333. The van der Waals surface area contributed by atoms with Crippen molar-refractivity contribution in [3.63, 3.8) is 0 Å². The van der Waals surface area contributed by atoms with E-state index in [2.05, 4.69) is 21.2 Å². The van der Waals surface area contributed by atoms with E-state index in [0.29, 0.717) is 11.1 Å². The average Bonchev–Trinajstić information content (AvgIpc) is 2.65. The molecule has 0 aliphatic carbocycles. The minimum Gasteiger partial charge on any atom is -0.477 e. The molecule has 0 aromatic heterocycles. The zero-order chi connectivity index (χ0) is 20.6. The van der Waals surface area contributed by atoms with Gasteiger partial charge in [0, 0.05) is 28.3 Å². The van der Waals surface area contributed by atoms with E-state index >= 15 is 0 Å². The molecule has 1 fully saturated rings. The van der Waals surface area contributed by atoms with Gasteiger partial charge in [0.25, 0.3) is 11.8 Å². The summed E-state index contributed by atoms with van der Waals surface area (Å²) in [6.45, 7) is 2.93. The smallest absolute Gasteiger partial charge is 0.352 e. The zero-order valence-corrected chi connectivity index (χ0v) is 17.4. The first-order valence-corrected chi connectivity index (χ1v) is 10.1. The molecule has 1 saturated heterocycles. The Morgan fingerprint density at radius 2 is 2.11 bits per heavy atom. The number of esters is 1. The molecule has 2 atom stereocenters. The number of carbonyl (C=O) groups excluding carboxylic acids is 3. The van der Waals surface area contributed by atoms with E-state index in [0.717, 1.165) is 14.9 Å². The third-order valence-electron chi connectivity index (χ3n) is 4.42. The van der Waals surface area contributed by atoms with Crippen molar-refractivity contribution < 1.29 is 29.0 Å². The largest absolute Gasteiger partial charge is 0.477 e. The number of β-lactam (4-membered cyclic amide) rings is 1. The molecule has 2 amide bonds. The van der Waals surface area contributed by atoms with Gasteiger partial charge in [-0.05, 0) is 24.6 Å². The molecule has 10 heteroatoms. The predicted octanol–water partition coefficient (Wildman–Crippen LogP) is 1.67. The molecular weight excluding hydrogens is 452 g/mol. The van der Waals surface area contributed by atoms with E-state index in [1.165, 1.54) is 18.7 Å². The molecule has 0 bridgehead atoms. The molecule has 0 unspecified atom stereocenters. The van der Waals surface area contributed by atoms with Gasteiger partial charge in [0.15, 0.2) is 0 Å². The number of rotatable bonds is 5. The normalized spacial score (nSPS) is 21.0. The van der Waals surface area contributed by atoms with Crippen molar-refractivity contribution in [2.45, 2.75) is 25.3 Å². The van der Waals surface area contributed by atoms with Crippen LogP contribution in [0.3, 0.4) is 0 Å². The summed E-state index contributed by atoms with van der Waals surface area (Å²) in [5, 5.41) is 11.7. The van der Waals surface area contributed by atoms with Crippen LogP contribution in [0.2, 0.25) is 0 Å². The summed E-state index contributed by atoms with van der Waals surface area (Å²) in [6.07, 6.45) is 0. The topological polar surface area (TPSA) is 113 Å². The Labute approximate surface area is 173 Å². The number of benzene rings is 1. The van der Waals surface area contributed by atoms with Crippen LogP contribution in [0.4, 0.5) is 0 Å². The van der Waals surface area contributed by atoms with Crippen LogP contribution >= 0.6 is 27.7 Å². The summed E-state index contributed by atoms with van der Waals surface area (Å²) in [4.78, 5) is 48.9. The minimum atomic E-state index is -1.27. The van der Waals surface area contributed by atoms with Crippen LogP contribution in [0.5, 0.6) is 0 Å². The second-order valence-corrected chi connectivity index (χ2v) is 8.32. The number of carboxylic acids is 1. The van der Waals surface area contributed by atoms with Crippen LogP contribution in [0, 0.1) is 6.92 Å². The molecule has 2 aliphatic heterocycles. The average molecular weight is 469 g/mol. The lowest BCUT2D eigenvalue weighted by Crippen LogP contribution is -2.70. The first-order valence-electron chi connectivity index (χ1n) is 8.31. The second kappa shape index (κ2) is 7.96. The van der Waals surface area contributed by atoms with Crippen LogP contribution in [0.25, 0.3) is 0 Å². The van der Waals surface area contributed by atoms with Gasteiger partial charge in [-0.2, -0.15) is 0 Å². The van der Waals surface area contributed by atoms with Crippen LogP contribution in [-0.2, 0) is 19.1 Å². The van der Waals surface area contributed by atoms with E-state index in [9.17, 15) is 24.3 Å². The maximum absolute atomic E-state index is 12.6. The van der Waals surface area contributed by atoms with Crippen molar-refractivity contribution in [2.24, 2.45) is 0 Å². The van der Waals surface area contributed by atoms with E-state index in [1.54, 1.807) is 18.2 Å². The highest BCUT2D eigenvalue weighted by atomic mass is 79.9. The molecule has 148 valence electrons. The van der Waals surface area contributed by atoms with Gasteiger partial charge in [0.2, 0.25) is 0 Å². The second-order valence-electron chi connectivity index (χ2n) is 6.36. The van der Waals surface area contributed by atoms with Gasteiger partial charge < -0.3 is 15.2 Å². The summed E-state index contributed by atoms with van der Waals surface area (Å²) in [5.74, 6) is -2.44. The minimum absolute atomic E-state index is 0.182. The third-order valence-corrected chi connectivity index (χ3v) is 6.61. The van der Waals surface area contributed by atoms with Gasteiger partial charge in [-0.15, -0.1) is 11.8 Å². The van der Waals surface area contributed by atoms with Crippen molar-refractivity contribution >= 4 is 51.4 Å². The number of hydrogen-bond donors (Lipinski definition) is 2. The number of carboxylic acid groups (broad SMARTS) is 1. The summed E-state index contributed by atoms with van der Waals surface area (Å²) in [6, 6.07) is 4.29. The number of amides is 2. The van der Waals surface area contributed by atoms with Crippen LogP contribution in [0.1, 0.15) is 22.8 Å². The number of ether oxygens (including phenoxy) is 1. The lowest BCUT2D eigenvalue weighted by atomic mass is 10.0. The number of aryl methyl sites for hydroxylation is 1. The Morgan fingerprint density at radius 1 is 1.39 bits per heavy atom. The lowest BCUT2D eigenvalue weighted by Gasteiger charge is -2.49. The fourth-order valence-corrected chi connectivity index (χ4v) is 4.65. The monoisotopic (exact) mass is 468 g/mol. The van der Waals surface area contributed by atoms with Crippen LogP contribution in [0.15, 0.2) is 33.9 Å². The number of halogens is 1. The van der Waals surface area contributed by atoms with Gasteiger partial charge in [0.05, 0.1) is 0 Å². The molecule has 0 spiro atoms. The number of nitrogens with zero attached hydrogens (tertiary/aromatic N) is 1. The van der Waals surface area contributed by atoms with Crippen LogP contribution < -0.4 is 5.32 Å². The van der Waals surface area contributed by atoms with Crippen molar-refractivity contribution in [1.82, 2.24) is 10.2 Å². The zero-order valence-electron chi connectivity index (χ0n) is 15.0. The molecule has 28 heavy (non-hydrogen) atoms. The molecule has 1 aromatic carbocycles. The Morgan fingerprint density at radius 3 is 2.71 bits per heavy atom. The molecule has 0 radical (unpaired) electrons. The Bertz CT molecular complexity index is 915. The predicted molar refractivity (Wildman–Crippen MR) is 105 cm³/mol. The Balaban J connectivity index is 1.76. The molecule has 1 aromatic rings. The molecule has 2 heterocycles. The molecule has 3 rings (SSSR count). The number of aliphatic carboxylic acids is 1. The Kier molecular flexibility index (Phi) is 5.80. The standard InChI is InChI=1S/C18H17BrN2O6S/c1-8-3-4-10(5-12(8)19)15(23)20-13-16(24)21-14(18(25)26)11(6-27-9(2)22)7-28-17(13)21/h3-5,13,17H,6-7H2,1-2H3,(H,20,23)(H,25,26)/t13-,17+/m1/s1. The number of fused-ring (bicyclic) bond motifs is 1. The summed E-state index contributed by atoms with van der Waals surface area (Å²) in [5.41, 5.74) is 1.54. The lowest BCUT2D eigenvalue weighted by molar-refractivity contribution is -0.149. The first-order chi connectivity index (χ1) is 13.2.